The first-order chi connectivity index (χ1) is 12.9. The van der Waals surface area contributed by atoms with E-state index in [0.717, 1.165) is 0 Å². The molecule has 0 fully saturated rings. The smallest absolute Gasteiger partial charge is 0.255 e. The molecule has 0 aliphatic heterocycles. The molecule has 2 amide bonds. The Morgan fingerprint density at radius 2 is 1.30 bits per heavy atom. The minimum atomic E-state index is -0.326. The Hall–Kier alpha value is -3.22. The summed E-state index contributed by atoms with van der Waals surface area (Å²) in [5.74, 6) is 0.714. The van der Waals surface area contributed by atoms with Crippen LogP contribution >= 0.6 is 0 Å². The van der Waals surface area contributed by atoms with Crippen molar-refractivity contribution in [1.82, 2.24) is 0 Å². The zero-order valence-corrected chi connectivity index (χ0v) is 16.1. The molecule has 0 aliphatic carbocycles. The molecule has 2 rings (SSSR count). The molecule has 7 heteroatoms. The molecule has 7 nitrogen and oxygen atoms in total. The Morgan fingerprint density at radius 1 is 0.815 bits per heavy atom. The van der Waals surface area contributed by atoms with E-state index in [1.165, 1.54) is 21.3 Å². The Bertz CT molecular complexity index is 791. The average molecular weight is 372 g/mol. The monoisotopic (exact) mass is 372 g/mol. The molecule has 0 aliphatic rings. The van der Waals surface area contributed by atoms with Crippen molar-refractivity contribution in [3.05, 3.63) is 42.0 Å². The zero-order chi connectivity index (χ0) is 20.0. The van der Waals surface area contributed by atoms with Crippen LogP contribution in [-0.2, 0) is 4.79 Å². The predicted molar refractivity (Wildman–Crippen MR) is 104 cm³/mol. The van der Waals surface area contributed by atoms with Gasteiger partial charge in [0.2, 0.25) is 11.7 Å². The normalized spacial score (nSPS) is 10.3. The first-order valence-corrected chi connectivity index (χ1v) is 8.41. The van der Waals surface area contributed by atoms with Crippen molar-refractivity contribution < 1.29 is 23.8 Å². The third kappa shape index (κ3) is 4.91. The van der Waals surface area contributed by atoms with E-state index in [1.54, 1.807) is 36.4 Å². The molecule has 0 spiro atoms. The van der Waals surface area contributed by atoms with E-state index in [9.17, 15) is 9.59 Å². The number of amides is 2. The quantitative estimate of drug-likeness (QED) is 0.776. The predicted octanol–water partition coefficient (Wildman–Crippen LogP) is 3.56. The van der Waals surface area contributed by atoms with E-state index >= 15 is 0 Å². The number of benzene rings is 2. The Labute approximate surface area is 158 Å². The van der Waals surface area contributed by atoms with Crippen LogP contribution in [0.1, 0.15) is 24.2 Å². The number of rotatable bonds is 7. The molecule has 2 N–H and O–H groups in total. The van der Waals surface area contributed by atoms with Crippen molar-refractivity contribution in [3.63, 3.8) is 0 Å². The van der Waals surface area contributed by atoms with Crippen LogP contribution in [0.5, 0.6) is 17.2 Å². The van der Waals surface area contributed by atoms with Crippen molar-refractivity contribution in [2.75, 3.05) is 32.0 Å². The lowest BCUT2D eigenvalue weighted by molar-refractivity contribution is -0.118. The van der Waals surface area contributed by atoms with Crippen LogP contribution < -0.4 is 24.8 Å². The van der Waals surface area contributed by atoms with Crippen molar-refractivity contribution in [3.8, 4) is 17.2 Å². The van der Waals surface area contributed by atoms with E-state index in [-0.39, 0.29) is 17.7 Å². The highest BCUT2D eigenvalue weighted by Crippen LogP contribution is 2.38. The lowest BCUT2D eigenvalue weighted by Gasteiger charge is -2.14. The molecule has 0 saturated heterocycles. The van der Waals surface area contributed by atoms with Crippen molar-refractivity contribution in [2.45, 2.75) is 13.8 Å². The van der Waals surface area contributed by atoms with Gasteiger partial charge in [0, 0.05) is 22.9 Å². The Balaban J connectivity index is 2.16. The van der Waals surface area contributed by atoms with Gasteiger partial charge in [0.25, 0.3) is 5.91 Å². The van der Waals surface area contributed by atoms with Crippen LogP contribution in [0, 0.1) is 5.92 Å². The fourth-order valence-corrected chi connectivity index (χ4v) is 2.34. The average Bonchev–Trinajstić information content (AvgIpc) is 2.67. The van der Waals surface area contributed by atoms with Gasteiger partial charge < -0.3 is 24.8 Å². The highest BCUT2D eigenvalue weighted by Gasteiger charge is 2.17. The number of anilines is 2. The van der Waals surface area contributed by atoms with E-state index in [4.69, 9.17) is 14.2 Å². The molecule has 0 atom stereocenters. The van der Waals surface area contributed by atoms with Gasteiger partial charge in [0.15, 0.2) is 11.5 Å². The topological polar surface area (TPSA) is 85.9 Å². The molecule has 0 bridgehead atoms. The van der Waals surface area contributed by atoms with Gasteiger partial charge in [0.05, 0.1) is 21.3 Å². The van der Waals surface area contributed by atoms with Crippen molar-refractivity contribution in [1.29, 1.82) is 0 Å². The third-order valence-corrected chi connectivity index (χ3v) is 3.86. The van der Waals surface area contributed by atoms with Crippen LogP contribution in [0.3, 0.4) is 0 Å². The van der Waals surface area contributed by atoms with Crippen molar-refractivity contribution in [2.24, 2.45) is 5.92 Å². The fraction of sp³-hybridized carbons (Fsp3) is 0.300. The summed E-state index contributed by atoms with van der Waals surface area (Å²) >= 11 is 0. The lowest BCUT2D eigenvalue weighted by Crippen LogP contribution is -2.17. The van der Waals surface area contributed by atoms with Gasteiger partial charge in [-0.1, -0.05) is 13.8 Å². The van der Waals surface area contributed by atoms with E-state index in [2.05, 4.69) is 10.6 Å². The van der Waals surface area contributed by atoms with Gasteiger partial charge in [-0.2, -0.15) is 0 Å². The maximum absolute atomic E-state index is 12.6. The molecule has 0 aromatic heterocycles. The molecule has 2 aromatic carbocycles. The lowest BCUT2D eigenvalue weighted by atomic mass is 10.1. The van der Waals surface area contributed by atoms with Gasteiger partial charge in [-0.3, -0.25) is 9.59 Å². The minimum absolute atomic E-state index is 0.0655. The fourth-order valence-electron chi connectivity index (χ4n) is 2.34. The van der Waals surface area contributed by atoms with Gasteiger partial charge in [-0.15, -0.1) is 0 Å². The maximum Gasteiger partial charge on any atom is 0.255 e. The van der Waals surface area contributed by atoms with Crippen LogP contribution in [-0.4, -0.2) is 33.1 Å². The molecule has 0 saturated carbocycles. The van der Waals surface area contributed by atoms with E-state index in [0.29, 0.717) is 34.2 Å². The Kier molecular flexibility index (Phi) is 6.65. The minimum Gasteiger partial charge on any atom is -0.493 e. The number of hydrogen-bond acceptors (Lipinski definition) is 5. The molecule has 0 heterocycles. The highest BCUT2D eigenvalue weighted by molar-refractivity contribution is 6.05. The maximum atomic E-state index is 12.6. The second-order valence-corrected chi connectivity index (χ2v) is 6.09. The second kappa shape index (κ2) is 8.93. The molecule has 144 valence electrons. The summed E-state index contributed by atoms with van der Waals surface area (Å²) in [6, 6.07) is 10.0. The van der Waals surface area contributed by atoms with Gasteiger partial charge in [-0.05, 0) is 36.4 Å². The molecular weight excluding hydrogens is 348 g/mol. The number of methoxy groups -OCH3 is 3. The summed E-state index contributed by atoms with van der Waals surface area (Å²) in [4.78, 5) is 24.3. The summed E-state index contributed by atoms with van der Waals surface area (Å²) in [5, 5.41) is 5.60. The summed E-state index contributed by atoms with van der Waals surface area (Å²) in [6.45, 7) is 3.64. The summed E-state index contributed by atoms with van der Waals surface area (Å²) in [7, 11) is 4.48. The van der Waals surface area contributed by atoms with Crippen LogP contribution in [0.4, 0.5) is 11.4 Å². The van der Waals surface area contributed by atoms with Crippen LogP contribution in [0.2, 0.25) is 0 Å². The largest absolute Gasteiger partial charge is 0.493 e. The number of ether oxygens (including phenoxy) is 3. The first-order valence-electron chi connectivity index (χ1n) is 8.41. The van der Waals surface area contributed by atoms with Gasteiger partial charge >= 0.3 is 0 Å². The number of carbonyl (C=O) groups is 2. The molecule has 27 heavy (non-hydrogen) atoms. The number of carbonyl (C=O) groups excluding carboxylic acids is 2. The summed E-state index contributed by atoms with van der Waals surface area (Å²) in [5.41, 5.74) is 1.62. The third-order valence-electron chi connectivity index (χ3n) is 3.86. The second-order valence-electron chi connectivity index (χ2n) is 6.09. The SMILES string of the molecule is COc1cc(C(=O)Nc2ccc(NC(=O)C(C)C)cc2)cc(OC)c1OC. The van der Waals surface area contributed by atoms with Crippen molar-refractivity contribution >= 4 is 23.2 Å². The highest BCUT2D eigenvalue weighted by atomic mass is 16.5. The number of nitrogens with one attached hydrogen (secondary N) is 2. The molecule has 0 radical (unpaired) electrons. The van der Waals surface area contributed by atoms with Gasteiger partial charge in [0.1, 0.15) is 0 Å². The van der Waals surface area contributed by atoms with E-state index < -0.39 is 0 Å². The molecule has 0 unspecified atom stereocenters. The van der Waals surface area contributed by atoms with E-state index in [1.807, 2.05) is 13.8 Å². The van der Waals surface area contributed by atoms with Crippen LogP contribution in [0.15, 0.2) is 36.4 Å². The Morgan fingerprint density at radius 3 is 1.70 bits per heavy atom. The van der Waals surface area contributed by atoms with Crippen LogP contribution in [0.25, 0.3) is 0 Å². The number of hydrogen-bond donors (Lipinski definition) is 2. The summed E-state index contributed by atoms with van der Waals surface area (Å²) < 4.78 is 15.8. The first kappa shape index (κ1) is 20.1. The molecular formula is C20H24N2O5. The standard InChI is InChI=1S/C20H24N2O5/c1-12(2)19(23)21-14-6-8-15(9-7-14)22-20(24)13-10-16(25-3)18(27-5)17(11-13)26-4/h6-12H,1-5H3,(H,21,23)(H,22,24). The molecule has 2 aromatic rings. The zero-order valence-electron chi connectivity index (χ0n) is 16.1. The van der Waals surface area contributed by atoms with Gasteiger partial charge in [-0.25, -0.2) is 0 Å². The summed E-state index contributed by atoms with van der Waals surface area (Å²) in [6.07, 6.45) is 0.